The van der Waals surface area contributed by atoms with Gasteiger partial charge >= 0.3 is 0 Å². The number of para-hydroxylation sites is 3. The Bertz CT molecular complexity index is 1290. The van der Waals surface area contributed by atoms with E-state index in [0.717, 1.165) is 11.1 Å². The molecule has 5 aromatic carbocycles. The monoisotopic (exact) mass is 446 g/mol. The lowest BCUT2D eigenvalue weighted by Gasteiger charge is -2.19. The maximum absolute atomic E-state index is 9.84. The predicted octanol–water partition coefficient (Wildman–Crippen LogP) is 8.44. The van der Waals surface area contributed by atoms with Crippen molar-refractivity contribution in [3.8, 4) is 51.4 Å². The molecule has 0 bridgehead atoms. The Hall–Kier alpha value is -4.70. The summed E-state index contributed by atoms with van der Waals surface area (Å²) in [4.78, 5) is 0. The van der Waals surface area contributed by atoms with E-state index in [1.54, 1.807) is 12.1 Å². The van der Waals surface area contributed by atoms with Crippen LogP contribution in [0.4, 0.5) is 0 Å². The third kappa shape index (κ3) is 5.03. The van der Waals surface area contributed by atoms with Gasteiger partial charge in [-0.1, -0.05) is 66.7 Å². The van der Waals surface area contributed by atoms with Gasteiger partial charge in [-0.3, -0.25) is 0 Å². The van der Waals surface area contributed by atoms with Crippen LogP contribution in [-0.4, -0.2) is 5.11 Å². The Kier molecular flexibility index (Phi) is 6.12. The van der Waals surface area contributed by atoms with E-state index >= 15 is 0 Å². The summed E-state index contributed by atoms with van der Waals surface area (Å²) >= 11 is 0. The molecule has 34 heavy (non-hydrogen) atoms. The smallest absolute Gasteiger partial charge is 0.142 e. The van der Waals surface area contributed by atoms with Gasteiger partial charge in [0.25, 0.3) is 0 Å². The highest BCUT2D eigenvalue weighted by atomic mass is 16.5. The fourth-order valence-corrected chi connectivity index (χ4v) is 3.55. The molecule has 1 N–H and O–H groups in total. The van der Waals surface area contributed by atoms with Gasteiger partial charge in [-0.05, 0) is 54.1 Å². The van der Waals surface area contributed by atoms with Gasteiger partial charge in [-0.2, -0.15) is 0 Å². The molecule has 4 nitrogen and oxygen atoms in total. The van der Waals surface area contributed by atoms with Crippen LogP contribution in [0.2, 0.25) is 0 Å². The van der Waals surface area contributed by atoms with Crippen LogP contribution in [0.15, 0.2) is 127 Å². The third-order valence-electron chi connectivity index (χ3n) is 5.12. The minimum atomic E-state index is 0.184. The molecule has 4 heteroatoms. The van der Waals surface area contributed by atoms with Gasteiger partial charge in [0.2, 0.25) is 0 Å². The second-order valence-corrected chi connectivity index (χ2v) is 7.59. The molecule has 0 saturated heterocycles. The van der Waals surface area contributed by atoms with Gasteiger partial charge in [0.15, 0.2) is 0 Å². The lowest BCUT2D eigenvalue weighted by molar-refractivity contribution is 0.442. The zero-order valence-corrected chi connectivity index (χ0v) is 18.3. The fourth-order valence-electron chi connectivity index (χ4n) is 3.55. The number of hydrogen-bond acceptors (Lipinski definition) is 4. The molecule has 0 aromatic heterocycles. The van der Waals surface area contributed by atoms with Crippen molar-refractivity contribution in [3.05, 3.63) is 127 Å². The molecule has 0 spiro atoms. The molecule has 0 amide bonds. The van der Waals surface area contributed by atoms with Crippen molar-refractivity contribution in [3.63, 3.8) is 0 Å². The minimum absolute atomic E-state index is 0.184. The van der Waals surface area contributed by atoms with Gasteiger partial charge in [0.1, 0.15) is 40.2 Å². The zero-order valence-electron chi connectivity index (χ0n) is 18.3. The number of aromatic hydroxyl groups is 1. The molecule has 0 atom stereocenters. The highest BCUT2D eigenvalue weighted by Crippen LogP contribution is 2.46. The average Bonchev–Trinajstić information content (AvgIpc) is 2.87. The largest absolute Gasteiger partial charge is 0.508 e. The summed E-state index contributed by atoms with van der Waals surface area (Å²) in [7, 11) is 0. The molecule has 166 valence electrons. The molecule has 0 aliphatic carbocycles. The molecule has 0 fully saturated rings. The molecule has 0 aliphatic heterocycles. The SMILES string of the molecule is Oc1ccc(-c2c(Oc3ccccc3)cc(Oc3ccccc3)cc2Oc2ccccc2)cc1. The van der Waals surface area contributed by atoms with E-state index < -0.39 is 0 Å². The third-order valence-corrected chi connectivity index (χ3v) is 5.12. The number of phenolic OH excluding ortho intramolecular Hbond substituents is 1. The lowest BCUT2D eigenvalue weighted by atomic mass is 10.0. The Balaban J connectivity index is 1.67. The molecule has 0 saturated carbocycles. The van der Waals surface area contributed by atoms with Crippen LogP contribution in [0.25, 0.3) is 11.1 Å². The normalized spacial score (nSPS) is 10.5. The molecule has 0 heterocycles. The summed E-state index contributed by atoms with van der Waals surface area (Å²) < 4.78 is 18.8. The summed E-state index contributed by atoms with van der Waals surface area (Å²) in [5, 5.41) is 9.84. The van der Waals surface area contributed by atoms with Gasteiger partial charge in [0, 0.05) is 12.1 Å². The van der Waals surface area contributed by atoms with Crippen molar-refractivity contribution in [2.24, 2.45) is 0 Å². The fraction of sp³-hybridized carbons (Fsp3) is 0. The van der Waals surface area contributed by atoms with Crippen molar-refractivity contribution in [1.82, 2.24) is 0 Å². The van der Waals surface area contributed by atoms with E-state index in [0.29, 0.717) is 34.5 Å². The van der Waals surface area contributed by atoms with Crippen molar-refractivity contribution >= 4 is 0 Å². The molecular weight excluding hydrogens is 424 g/mol. The van der Waals surface area contributed by atoms with Crippen molar-refractivity contribution in [2.75, 3.05) is 0 Å². The van der Waals surface area contributed by atoms with E-state index in [4.69, 9.17) is 14.2 Å². The second kappa shape index (κ2) is 9.84. The molecule has 0 unspecified atom stereocenters. The Labute approximate surface area is 198 Å². The Morgan fingerprint density at radius 1 is 0.412 bits per heavy atom. The number of rotatable bonds is 7. The number of hydrogen-bond donors (Lipinski definition) is 1. The van der Waals surface area contributed by atoms with Gasteiger partial charge in [-0.15, -0.1) is 0 Å². The maximum atomic E-state index is 9.84. The summed E-state index contributed by atoms with van der Waals surface area (Å²) in [6, 6.07) is 39.3. The lowest BCUT2D eigenvalue weighted by Crippen LogP contribution is -1.95. The maximum Gasteiger partial charge on any atom is 0.142 e. The molecule has 0 aliphatic rings. The Morgan fingerprint density at radius 3 is 1.26 bits per heavy atom. The number of benzene rings is 5. The van der Waals surface area contributed by atoms with Crippen LogP contribution in [0.1, 0.15) is 0 Å². The first-order chi connectivity index (χ1) is 16.7. The first kappa shape index (κ1) is 21.2. The average molecular weight is 447 g/mol. The number of ether oxygens (including phenoxy) is 3. The summed E-state index contributed by atoms with van der Waals surface area (Å²) in [5.74, 6) is 3.97. The van der Waals surface area contributed by atoms with Crippen LogP contribution < -0.4 is 14.2 Å². The zero-order chi connectivity index (χ0) is 23.2. The van der Waals surface area contributed by atoms with Crippen LogP contribution in [0.5, 0.6) is 40.2 Å². The summed E-state index contributed by atoms with van der Waals surface area (Å²) in [6.07, 6.45) is 0. The second-order valence-electron chi connectivity index (χ2n) is 7.59. The molecular formula is C30H22O4. The van der Waals surface area contributed by atoms with Crippen LogP contribution in [-0.2, 0) is 0 Å². The van der Waals surface area contributed by atoms with Crippen molar-refractivity contribution in [1.29, 1.82) is 0 Å². The summed E-state index contributed by atoms with van der Waals surface area (Å²) in [5.41, 5.74) is 1.58. The van der Waals surface area contributed by atoms with Crippen LogP contribution in [0.3, 0.4) is 0 Å². The highest BCUT2D eigenvalue weighted by molar-refractivity contribution is 5.79. The minimum Gasteiger partial charge on any atom is -0.508 e. The van der Waals surface area contributed by atoms with Crippen LogP contribution in [0, 0.1) is 0 Å². The van der Waals surface area contributed by atoms with E-state index in [2.05, 4.69) is 0 Å². The van der Waals surface area contributed by atoms with Crippen molar-refractivity contribution < 1.29 is 19.3 Å². The van der Waals surface area contributed by atoms with Gasteiger partial charge in [0.05, 0.1) is 5.56 Å². The van der Waals surface area contributed by atoms with Gasteiger partial charge in [-0.25, -0.2) is 0 Å². The Morgan fingerprint density at radius 2 is 0.824 bits per heavy atom. The molecule has 5 aromatic rings. The highest BCUT2D eigenvalue weighted by Gasteiger charge is 2.19. The first-order valence-electron chi connectivity index (χ1n) is 10.9. The molecule has 0 radical (unpaired) electrons. The number of phenols is 1. The topological polar surface area (TPSA) is 47.9 Å². The van der Waals surface area contributed by atoms with E-state index in [1.807, 2.05) is 115 Å². The van der Waals surface area contributed by atoms with Crippen LogP contribution >= 0.6 is 0 Å². The van der Waals surface area contributed by atoms with E-state index in [9.17, 15) is 5.11 Å². The van der Waals surface area contributed by atoms with E-state index in [1.165, 1.54) is 0 Å². The quantitative estimate of drug-likeness (QED) is 0.272. The molecule has 5 rings (SSSR count). The van der Waals surface area contributed by atoms with Crippen molar-refractivity contribution in [2.45, 2.75) is 0 Å². The van der Waals surface area contributed by atoms with E-state index in [-0.39, 0.29) is 5.75 Å². The first-order valence-corrected chi connectivity index (χ1v) is 10.9. The predicted molar refractivity (Wildman–Crippen MR) is 133 cm³/mol. The standard InChI is InChI=1S/C30H22O4/c31-23-18-16-22(17-19-23)30-28(33-25-12-6-2-7-13-25)20-27(32-24-10-4-1-5-11-24)21-29(30)34-26-14-8-3-9-15-26/h1-21,31H. The summed E-state index contributed by atoms with van der Waals surface area (Å²) in [6.45, 7) is 0. The van der Waals surface area contributed by atoms with Gasteiger partial charge < -0.3 is 19.3 Å².